The zero-order valence-electron chi connectivity index (χ0n) is 12.7. The second kappa shape index (κ2) is 7.37. The molecule has 3 heteroatoms. The number of ether oxygens (including phenoxy) is 1. The fourth-order valence-corrected chi connectivity index (χ4v) is 3.09. The van der Waals surface area contributed by atoms with Gasteiger partial charge in [-0.2, -0.15) is 0 Å². The molecule has 116 valence electrons. The summed E-state index contributed by atoms with van der Waals surface area (Å²) in [7, 11) is 0. The van der Waals surface area contributed by atoms with Crippen molar-refractivity contribution < 1.29 is 9.13 Å². The van der Waals surface area contributed by atoms with Gasteiger partial charge in [0, 0.05) is 12.6 Å². The molecule has 2 aliphatic carbocycles. The Morgan fingerprint density at radius 2 is 1.67 bits per heavy atom. The molecule has 2 nitrogen and oxygen atoms in total. The molecule has 0 aromatic heterocycles. The van der Waals surface area contributed by atoms with Gasteiger partial charge in [-0.05, 0) is 43.4 Å². The quantitative estimate of drug-likeness (QED) is 0.786. The molecule has 1 aromatic carbocycles. The fourth-order valence-electron chi connectivity index (χ4n) is 3.09. The molecule has 2 aliphatic rings. The van der Waals surface area contributed by atoms with Crippen molar-refractivity contribution in [3.05, 3.63) is 35.6 Å². The second-order valence-electron chi connectivity index (χ2n) is 6.47. The maximum Gasteiger partial charge on any atom is 0.123 e. The summed E-state index contributed by atoms with van der Waals surface area (Å²) in [5.74, 6) is -0.179. The van der Waals surface area contributed by atoms with Crippen molar-refractivity contribution >= 4 is 0 Å². The molecule has 1 N–H and O–H groups in total. The predicted octanol–water partition coefficient (Wildman–Crippen LogP) is 4.36. The summed E-state index contributed by atoms with van der Waals surface area (Å²) in [5.41, 5.74) is 1.09. The van der Waals surface area contributed by atoms with Gasteiger partial charge in [-0.15, -0.1) is 0 Å². The minimum absolute atomic E-state index is 0.0503. The van der Waals surface area contributed by atoms with E-state index in [9.17, 15) is 4.39 Å². The summed E-state index contributed by atoms with van der Waals surface area (Å²) >= 11 is 0. The molecule has 2 saturated carbocycles. The number of nitrogens with one attached hydrogen (secondary N) is 1. The fraction of sp³-hybridized carbons (Fsp3) is 0.667. The molecule has 3 rings (SSSR count). The topological polar surface area (TPSA) is 21.3 Å². The van der Waals surface area contributed by atoms with Gasteiger partial charge in [-0.1, -0.05) is 37.8 Å². The number of halogens is 1. The van der Waals surface area contributed by atoms with E-state index in [-0.39, 0.29) is 11.9 Å². The molecule has 0 aliphatic heterocycles. The number of rotatable bonds is 6. The monoisotopic (exact) mass is 291 g/mol. The van der Waals surface area contributed by atoms with Crippen LogP contribution >= 0.6 is 0 Å². The summed E-state index contributed by atoms with van der Waals surface area (Å²) < 4.78 is 19.5. The lowest BCUT2D eigenvalue weighted by molar-refractivity contribution is -0.0203. The first-order valence-corrected chi connectivity index (χ1v) is 8.45. The van der Waals surface area contributed by atoms with Gasteiger partial charge in [-0.3, -0.25) is 0 Å². The first-order chi connectivity index (χ1) is 10.3. The van der Waals surface area contributed by atoms with Crippen molar-refractivity contribution in [2.24, 2.45) is 0 Å². The Kier molecular flexibility index (Phi) is 5.26. The van der Waals surface area contributed by atoms with Crippen LogP contribution in [0.2, 0.25) is 0 Å². The van der Waals surface area contributed by atoms with Gasteiger partial charge in [0.15, 0.2) is 0 Å². The van der Waals surface area contributed by atoms with Crippen LogP contribution in [0.5, 0.6) is 0 Å². The normalized spacial score (nSPS) is 22.0. The molecule has 1 unspecified atom stereocenters. The van der Waals surface area contributed by atoms with Crippen LogP contribution in [0.4, 0.5) is 4.39 Å². The Morgan fingerprint density at radius 1 is 1.00 bits per heavy atom. The first kappa shape index (κ1) is 15.0. The van der Waals surface area contributed by atoms with Gasteiger partial charge in [0.2, 0.25) is 0 Å². The lowest BCUT2D eigenvalue weighted by atomic mass is 10.1. The van der Waals surface area contributed by atoms with E-state index in [2.05, 4.69) is 5.32 Å². The van der Waals surface area contributed by atoms with Crippen molar-refractivity contribution in [2.45, 2.75) is 69.6 Å². The average Bonchev–Trinajstić information content (AvgIpc) is 3.32. The third kappa shape index (κ3) is 4.79. The molecular weight excluding hydrogens is 265 g/mol. The maximum atomic E-state index is 13.1. The lowest BCUT2D eigenvalue weighted by Crippen LogP contribution is -2.28. The van der Waals surface area contributed by atoms with Gasteiger partial charge >= 0.3 is 0 Å². The van der Waals surface area contributed by atoms with E-state index in [0.29, 0.717) is 12.1 Å². The van der Waals surface area contributed by atoms with E-state index in [1.54, 1.807) is 0 Å². The summed E-state index contributed by atoms with van der Waals surface area (Å²) in [6.45, 7) is 0.840. The highest BCUT2D eigenvalue weighted by molar-refractivity contribution is 5.19. The highest BCUT2D eigenvalue weighted by atomic mass is 19.1. The van der Waals surface area contributed by atoms with Crippen LogP contribution in [0, 0.1) is 5.82 Å². The number of hydrogen-bond acceptors (Lipinski definition) is 2. The Morgan fingerprint density at radius 3 is 2.29 bits per heavy atom. The summed E-state index contributed by atoms with van der Waals surface area (Å²) in [6.07, 6.45) is 10.5. The highest BCUT2D eigenvalue weighted by Gasteiger charge is 2.25. The average molecular weight is 291 g/mol. The largest absolute Gasteiger partial charge is 0.369 e. The molecule has 0 saturated heterocycles. The number of hydrogen-bond donors (Lipinski definition) is 1. The van der Waals surface area contributed by atoms with Gasteiger partial charge in [0.05, 0.1) is 12.2 Å². The third-order valence-corrected chi connectivity index (χ3v) is 4.57. The van der Waals surface area contributed by atoms with E-state index < -0.39 is 0 Å². The smallest absolute Gasteiger partial charge is 0.123 e. The van der Waals surface area contributed by atoms with E-state index in [1.807, 2.05) is 12.1 Å². The standard InChI is InChI=1S/C18H26FNO/c19-15-9-7-14(8-10-15)18(13-20-16-11-12-16)21-17-5-3-1-2-4-6-17/h7-10,16-18,20H,1-6,11-13H2. The molecule has 1 aromatic rings. The summed E-state index contributed by atoms with van der Waals surface area (Å²) in [6, 6.07) is 7.48. The summed E-state index contributed by atoms with van der Waals surface area (Å²) in [5, 5.41) is 3.56. The van der Waals surface area contributed by atoms with Crippen LogP contribution in [-0.2, 0) is 4.74 Å². The van der Waals surface area contributed by atoms with Crippen molar-refractivity contribution in [1.82, 2.24) is 5.32 Å². The molecular formula is C18H26FNO. The van der Waals surface area contributed by atoms with Crippen LogP contribution in [0.15, 0.2) is 24.3 Å². The van der Waals surface area contributed by atoms with Gasteiger partial charge in [-0.25, -0.2) is 4.39 Å². The van der Waals surface area contributed by atoms with Gasteiger partial charge in [0.1, 0.15) is 5.82 Å². The van der Waals surface area contributed by atoms with Crippen molar-refractivity contribution in [1.29, 1.82) is 0 Å². The van der Waals surface area contributed by atoms with Crippen LogP contribution in [0.25, 0.3) is 0 Å². The SMILES string of the molecule is Fc1ccc(C(CNC2CC2)OC2CCCCCC2)cc1. The molecule has 0 radical (unpaired) electrons. The molecule has 21 heavy (non-hydrogen) atoms. The van der Waals surface area contributed by atoms with Crippen molar-refractivity contribution in [2.75, 3.05) is 6.54 Å². The summed E-state index contributed by atoms with van der Waals surface area (Å²) in [4.78, 5) is 0. The third-order valence-electron chi connectivity index (χ3n) is 4.57. The molecule has 0 spiro atoms. The molecule has 0 amide bonds. The van der Waals surface area contributed by atoms with Crippen molar-refractivity contribution in [3.8, 4) is 0 Å². The first-order valence-electron chi connectivity index (χ1n) is 8.45. The molecule has 2 fully saturated rings. The van der Waals surface area contributed by atoms with Crippen LogP contribution in [0.1, 0.15) is 63.0 Å². The minimum atomic E-state index is -0.179. The van der Waals surface area contributed by atoms with Crippen LogP contribution < -0.4 is 5.32 Å². The van der Waals surface area contributed by atoms with Crippen LogP contribution in [-0.4, -0.2) is 18.7 Å². The second-order valence-corrected chi connectivity index (χ2v) is 6.47. The van der Waals surface area contributed by atoms with Crippen LogP contribution in [0.3, 0.4) is 0 Å². The Labute approximate surface area is 127 Å². The van der Waals surface area contributed by atoms with E-state index >= 15 is 0 Å². The van der Waals surface area contributed by atoms with E-state index in [1.165, 1.54) is 63.5 Å². The highest BCUT2D eigenvalue weighted by Crippen LogP contribution is 2.27. The molecule has 0 heterocycles. The Balaban J connectivity index is 1.63. The lowest BCUT2D eigenvalue weighted by Gasteiger charge is -2.25. The Hall–Kier alpha value is -0.930. The number of benzene rings is 1. The van der Waals surface area contributed by atoms with Gasteiger partial charge in [0.25, 0.3) is 0 Å². The molecule has 1 atom stereocenters. The van der Waals surface area contributed by atoms with E-state index in [0.717, 1.165) is 12.1 Å². The Bertz CT molecular complexity index is 421. The zero-order chi connectivity index (χ0) is 14.5. The molecule has 0 bridgehead atoms. The maximum absolute atomic E-state index is 13.1. The zero-order valence-corrected chi connectivity index (χ0v) is 12.7. The van der Waals surface area contributed by atoms with Gasteiger partial charge < -0.3 is 10.1 Å². The predicted molar refractivity (Wildman–Crippen MR) is 82.7 cm³/mol. The van der Waals surface area contributed by atoms with E-state index in [4.69, 9.17) is 4.74 Å². The van der Waals surface area contributed by atoms with Crippen molar-refractivity contribution in [3.63, 3.8) is 0 Å². The minimum Gasteiger partial charge on any atom is -0.369 e.